The molecule has 0 amide bonds. The molecular weight excluding hydrogens is 250 g/mol. The number of benzene rings is 1. The van der Waals surface area contributed by atoms with E-state index in [9.17, 15) is 0 Å². The monoisotopic (exact) mass is 267 g/mol. The number of anilines is 1. The molecule has 1 aromatic rings. The minimum atomic E-state index is 0.167. The van der Waals surface area contributed by atoms with Crippen LogP contribution in [0.2, 0.25) is 0 Å². The maximum atomic E-state index is 3.62. The van der Waals surface area contributed by atoms with Crippen molar-refractivity contribution in [1.29, 1.82) is 0 Å². The number of hydrogen-bond donors (Lipinski definition) is 1. The fourth-order valence-corrected chi connectivity index (χ4v) is 3.26. The summed E-state index contributed by atoms with van der Waals surface area (Å²) in [7, 11) is 0. The lowest BCUT2D eigenvalue weighted by atomic mass is 9.71. The molecule has 0 bridgehead atoms. The minimum absolute atomic E-state index is 0.167. The Kier molecular flexibility index (Phi) is 2.38. The van der Waals surface area contributed by atoms with Crippen molar-refractivity contribution >= 4 is 21.6 Å². The number of fused-ring (bicyclic) bond motifs is 1. The molecule has 1 nitrogen and oxygen atoms in total. The van der Waals surface area contributed by atoms with E-state index in [1.54, 1.807) is 0 Å². The lowest BCUT2D eigenvalue weighted by molar-refractivity contribution is 0.355. The third-order valence-corrected chi connectivity index (χ3v) is 3.75. The summed E-state index contributed by atoms with van der Waals surface area (Å²) in [6, 6.07) is 6.44. The first-order valence-electron chi connectivity index (χ1n) is 5.39. The molecule has 1 heterocycles. The summed E-state index contributed by atoms with van der Waals surface area (Å²) in [5.41, 5.74) is 3.09. The van der Waals surface area contributed by atoms with Gasteiger partial charge in [0.25, 0.3) is 0 Å². The lowest BCUT2D eigenvalue weighted by Gasteiger charge is -2.44. The first-order valence-corrected chi connectivity index (χ1v) is 6.18. The highest BCUT2D eigenvalue weighted by Gasteiger charge is 2.37. The van der Waals surface area contributed by atoms with Crippen LogP contribution >= 0.6 is 15.9 Å². The first-order chi connectivity index (χ1) is 6.82. The second-order valence-electron chi connectivity index (χ2n) is 5.73. The Morgan fingerprint density at radius 2 is 1.87 bits per heavy atom. The molecule has 1 aliphatic heterocycles. The molecule has 1 aromatic carbocycles. The van der Waals surface area contributed by atoms with Gasteiger partial charge in [0.15, 0.2) is 0 Å². The molecule has 0 spiro atoms. The molecular formula is C13H18BrN. The van der Waals surface area contributed by atoms with Crippen molar-refractivity contribution in [1.82, 2.24) is 0 Å². The number of hydrogen-bond acceptors (Lipinski definition) is 1. The molecule has 0 unspecified atom stereocenters. The average Bonchev–Trinajstić information content (AvgIpc) is 2.04. The van der Waals surface area contributed by atoms with Crippen molar-refractivity contribution in [2.75, 3.05) is 5.32 Å². The summed E-state index contributed by atoms with van der Waals surface area (Å²) < 4.78 is 1.17. The molecule has 15 heavy (non-hydrogen) atoms. The molecule has 0 aromatic heterocycles. The Balaban J connectivity index is 2.60. The van der Waals surface area contributed by atoms with Crippen LogP contribution in [0, 0.1) is 0 Å². The molecule has 0 atom stereocenters. The van der Waals surface area contributed by atoms with Crippen LogP contribution in [-0.4, -0.2) is 5.54 Å². The van der Waals surface area contributed by atoms with Crippen LogP contribution in [0.4, 0.5) is 5.69 Å². The molecule has 0 saturated heterocycles. The highest BCUT2D eigenvalue weighted by atomic mass is 79.9. The maximum Gasteiger partial charge on any atom is 0.0526 e. The Bertz CT molecular complexity index is 394. The fraction of sp³-hybridized carbons (Fsp3) is 0.538. The third-order valence-electron chi connectivity index (χ3n) is 3.09. The second kappa shape index (κ2) is 3.24. The van der Waals surface area contributed by atoms with E-state index in [1.165, 1.54) is 15.7 Å². The van der Waals surface area contributed by atoms with Crippen molar-refractivity contribution in [3.05, 3.63) is 28.2 Å². The van der Waals surface area contributed by atoms with Gasteiger partial charge in [0.2, 0.25) is 0 Å². The van der Waals surface area contributed by atoms with Crippen molar-refractivity contribution in [3.8, 4) is 0 Å². The molecule has 82 valence electrons. The Labute approximate surface area is 100 Å². The van der Waals surface area contributed by atoms with Crippen LogP contribution in [0.5, 0.6) is 0 Å². The van der Waals surface area contributed by atoms with Crippen LogP contribution in [0.3, 0.4) is 0 Å². The summed E-state index contributed by atoms with van der Waals surface area (Å²) in [6.45, 7) is 9.16. The quantitative estimate of drug-likeness (QED) is 0.738. The molecule has 2 heteroatoms. The van der Waals surface area contributed by atoms with Crippen LogP contribution < -0.4 is 5.32 Å². The van der Waals surface area contributed by atoms with E-state index in [1.807, 2.05) is 0 Å². The van der Waals surface area contributed by atoms with Gasteiger partial charge in [-0.2, -0.15) is 0 Å². The van der Waals surface area contributed by atoms with E-state index in [2.05, 4.69) is 67.1 Å². The zero-order chi connectivity index (χ0) is 11.3. The lowest BCUT2D eigenvalue weighted by Crippen LogP contribution is -2.43. The smallest absolute Gasteiger partial charge is 0.0526 e. The zero-order valence-corrected chi connectivity index (χ0v) is 11.4. The Morgan fingerprint density at radius 3 is 2.53 bits per heavy atom. The van der Waals surface area contributed by atoms with E-state index >= 15 is 0 Å². The standard InChI is InChI=1S/C13H18BrN/c1-12(2)8-13(3,4)15-11-9(12)6-5-7-10(11)14/h5-7,15H,8H2,1-4H3. The molecule has 0 aliphatic carbocycles. The van der Waals surface area contributed by atoms with Gasteiger partial charge in [-0.15, -0.1) is 0 Å². The van der Waals surface area contributed by atoms with Gasteiger partial charge in [-0.05, 0) is 53.2 Å². The van der Waals surface area contributed by atoms with E-state index < -0.39 is 0 Å². The Hall–Kier alpha value is -0.500. The SMILES string of the molecule is CC1(C)CC(C)(C)c2cccc(Br)c2N1. The summed E-state index contributed by atoms with van der Waals surface area (Å²) in [6.07, 6.45) is 1.16. The van der Waals surface area contributed by atoms with Crippen molar-refractivity contribution < 1.29 is 0 Å². The predicted octanol–water partition coefficient (Wildman–Crippen LogP) is 4.32. The first kappa shape index (κ1) is 11.0. The predicted molar refractivity (Wildman–Crippen MR) is 69.5 cm³/mol. The van der Waals surface area contributed by atoms with Gasteiger partial charge in [-0.1, -0.05) is 26.0 Å². The number of halogens is 1. The van der Waals surface area contributed by atoms with Crippen molar-refractivity contribution in [2.24, 2.45) is 0 Å². The van der Waals surface area contributed by atoms with E-state index in [4.69, 9.17) is 0 Å². The van der Waals surface area contributed by atoms with Crippen LogP contribution in [-0.2, 0) is 5.41 Å². The van der Waals surface area contributed by atoms with E-state index in [0.29, 0.717) is 0 Å². The fourth-order valence-electron chi connectivity index (χ4n) is 2.80. The minimum Gasteiger partial charge on any atom is -0.379 e. The Morgan fingerprint density at radius 1 is 1.20 bits per heavy atom. The molecule has 1 aliphatic rings. The maximum absolute atomic E-state index is 3.62. The third kappa shape index (κ3) is 1.92. The second-order valence-corrected chi connectivity index (χ2v) is 6.59. The van der Waals surface area contributed by atoms with E-state index in [-0.39, 0.29) is 11.0 Å². The van der Waals surface area contributed by atoms with Crippen molar-refractivity contribution in [3.63, 3.8) is 0 Å². The largest absolute Gasteiger partial charge is 0.379 e. The number of rotatable bonds is 0. The van der Waals surface area contributed by atoms with Gasteiger partial charge in [0, 0.05) is 10.0 Å². The van der Waals surface area contributed by atoms with Gasteiger partial charge in [-0.3, -0.25) is 0 Å². The molecule has 0 saturated carbocycles. The number of para-hydroxylation sites is 1. The van der Waals surface area contributed by atoms with Crippen LogP contribution in [0.15, 0.2) is 22.7 Å². The highest BCUT2D eigenvalue weighted by molar-refractivity contribution is 9.10. The van der Waals surface area contributed by atoms with Gasteiger partial charge in [-0.25, -0.2) is 0 Å². The summed E-state index contributed by atoms with van der Waals surface area (Å²) in [5.74, 6) is 0. The number of nitrogens with one attached hydrogen (secondary N) is 1. The topological polar surface area (TPSA) is 12.0 Å². The summed E-state index contributed by atoms with van der Waals surface area (Å²) in [4.78, 5) is 0. The highest BCUT2D eigenvalue weighted by Crippen LogP contribution is 2.45. The molecule has 0 radical (unpaired) electrons. The van der Waals surface area contributed by atoms with Crippen LogP contribution in [0.25, 0.3) is 0 Å². The average molecular weight is 268 g/mol. The molecule has 2 rings (SSSR count). The molecule has 1 N–H and O–H groups in total. The van der Waals surface area contributed by atoms with Gasteiger partial charge in [0.05, 0.1) is 5.69 Å². The van der Waals surface area contributed by atoms with Crippen LogP contribution in [0.1, 0.15) is 39.7 Å². The van der Waals surface area contributed by atoms with E-state index in [0.717, 1.165) is 6.42 Å². The molecule has 0 fully saturated rings. The van der Waals surface area contributed by atoms with Gasteiger partial charge < -0.3 is 5.32 Å². The summed E-state index contributed by atoms with van der Waals surface area (Å²) in [5, 5.41) is 3.61. The van der Waals surface area contributed by atoms with Gasteiger partial charge >= 0.3 is 0 Å². The van der Waals surface area contributed by atoms with Crippen molar-refractivity contribution in [2.45, 2.75) is 45.1 Å². The van der Waals surface area contributed by atoms with Gasteiger partial charge in [0.1, 0.15) is 0 Å². The normalized spacial score (nSPS) is 21.7. The zero-order valence-electron chi connectivity index (χ0n) is 9.82. The summed E-state index contributed by atoms with van der Waals surface area (Å²) >= 11 is 3.62.